The highest BCUT2D eigenvalue weighted by atomic mass is 32.1. The van der Waals surface area contributed by atoms with Crippen molar-refractivity contribution in [2.75, 3.05) is 6.54 Å². The third-order valence-corrected chi connectivity index (χ3v) is 3.78. The van der Waals surface area contributed by atoms with E-state index in [1.807, 2.05) is 6.07 Å². The Balaban J connectivity index is 2.20. The zero-order chi connectivity index (χ0) is 13.8. The van der Waals surface area contributed by atoms with Crippen molar-refractivity contribution < 1.29 is 13.2 Å². The quantitative estimate of drug-likeness (QED) is 0.637. The van der Waals surface area contributed by atoms with E-state index in [1.54, 1.807) is 6.07 Å². The predicted molar refractivity (Wildman–Crippen MR) is 71.6 cm³/mol. The van der Waals surface area contributed by atoms with Gasteiger partial charge in [0.05, 0.1) is 0 Å². The summed E-state index contributed by atoms with van der Waals surface area (Å²) in [5.74, 6) is -2.94. The molecule has 2 rings (SSSR count). The van der Waals surface area contributed by atoms with E-state index in [0.29, 0.717) is 17.5 Å². The lowest BCUT2D eigenvalue weighted by molar-refractivity contribution is 0.496. The zero-order valence-corrected chi connectivity index (χ0v) is 11.3. The fraction of sp³-hybridized carbons (Fsp3) is 0.286. The molecule has 1 heterocycles. The molecule has 1 aromatic carbocycles. The van der Waals surface area contributed by atoms with E-state index in [4.69, 9.17) is 0 Å². The number of hydrogen-bond donors (Lipinski definition) is 1. The molecule has 0 spiro atoms. The Labute approximate surface area is 114 Å². The molecule has 1 nitrogen and oxygen atoms in total. The molecular weight excluding hydrogens is 271 g/mol. The van der Waals surface area contributed by atoms with E-state index in [0.717, 1.165) is 23.9 Å². The summed E-state index contributed by atoms with van der Waals surface area (Å²) in [5.41, 5.74) is 0.102. The third kappa shape index (κ3) is 3.36. The van der Waals surface area contributed by atoms with Crippen LogP contribution in [-0.4, -0.2) is 6.54 Å². The van der Waals surface area contributed by atoms with Gasteiger partial charge in [0.15, 0.2) is 11.6 Å². The van der Waals surface area contributed by atoms with Crippen molar-refractivity contribution in [3.8, 4) is 10.4 Å². The minimum atomic E-state index is -1.16. The van der Waals surface area contributed by atoms with Crippen LogP contribution >= 0.6 is 11.3 Å². The topological polar surface area (TPSA) is 12.0 Å². The van der Waals surface area contributed by atoms with Crippen LogP contribution in [0, 0.1) is 17.5 Å². The lowest BCUT2D eigenvalue weighted by Crippen LogP contribution is -2.12. The van der Waals surface area contributed by atoms with E-state index < -0.39 is 17.5 Å². The van der Waals surface area contributed by atoms with Crippen LogP contribution in [0.4, 0.5) is 13.2 Å². The number of hydrogen-bond acceptors (Lipinski definition) is 2. The van der Waals surface area contributed by atoms with Crippen LogP contribution in [0.5, 0.6) is 0 Å². The maximum atomic E-state index is 13.6. The van der Waals surface area contributed by atoms with Gasteiger partial charge in [0.25, 0.3) is 0 Å². The van der Waals surface area contributed by atoms with Gasteiger partial charge in [-0.15, -0.1) is 11.3 Å². The standard InChI is InChI=1S/C14H14F3NS/c1-2-5-18-8-9-3-4-14(19-9)10-6-12(16)13(17)7-11(10)15/h3-4,6-7,18H,2,5,8H2,1H3. The highest BCUT2D eigenvalue weighted by Crippen LogP contribution is 2.31. The summed E-state index contributed by atoms with van der Waals surface area (Å²) in [5, 5.41) is 3.23. The van der Waals surface area contributed by atoms with Gasteiger partial charge in [-0.2, -0.15) is 0 Å². The molecule has 0 fully saturated rings. The maximum Gasteiger partial charge on any atom is 0.161 e. The Morgan fingerprint density at radius 3 is 2.53 bits per heavy atom. The second-order valence-corrected chi connectivity index (χ2v) is 5.36. The zero-order valence-electron chi connectivity index (χ0n) is 10.5. The smallest absolute Gasteiger partial charge is 0.161 e. The molecule has 2 aromatic rings. The van der Waals surface area contributed by atoms with Crippen LogP contribution in [0.1, 0.15) is 18.2 Å². The monoisotopic (exact) mass is 285 g/mol. The van der Waals surface area contributed by atoms with E-state index in [9.17, 15) is 13.2 Å². The lowest BCUT2D eigenvalue weighted by Gasteiger charge is -2.02. The van der Waals surface area contributed by atoms with Gasteiger partial charge in [-0.05, 0) is 31.2 Å². The molecule has 0 aliphatic heterocycles. The summed E-state index contributed by atoms with van der Waals surface area (Å²) >= 11 is 1.37. The Morgan fingerprint density at radius 1 is 1.05 bits per heavy atom. The number of thiophene rings is 1. The van der Waals surface area contributed by atoms with Gasteiger partial charge in [0.1, 0.15) is 5.82 Å². The molecule has 0 radical (unpaired) electrons. The van der Waals surface area contributed by atoms with E-state index >= 15 is 0 Å². The molecule has 0 amide bonds. The fourth-order valence-corrected chi connectivity index (χ4v) is 2.71. The molecule has 0 atom stereocenters. The summed E-state index contributed by atoms with van der Waals surface area (Å²) in [6.45, 7) is 3.68. The van der Waals surface area contributed by atoms with Crippen molar-refractivity contribution in [1.82, 2.24) is 5.32 Å². The van der Waals surface area contributed by atoms with Crippen molar-refractivity contribution in [2.45, 2.75) is 19.9 Å². The molecule has 102 valence electrons. The minimum absolute atomic E-state index is 0.102. The molecule has 0 saturated carbocycles. The lowest BCUT2D eigenvalue weighted by atomic mass is 10.1. The first kappa shape index (κ1) is 14.1. The number of rotatable bonds is 5. The van der Waals surface area contributed by atoms with Gasteiger partial charge < -0.3 is 5.32 Å². The average molecular weight is 285 g/mol. The minimum Gasteiger partial charge on any atom is -0.312 e. The molecule has 0 bridgehead atoms. The van der Waals surface area contributed by atoms with Gasteiger partial charge in [-0.3, -0.25) is 0 Å². The normalized spacial score (nSPS) is 10.9. The maximum absolute atomic E-state index is 13.6. The van der Waals surface area contributed by atoms with Crippen molar-refractivity contribution >= 4 is 11.3 Å². The molecule has 5 heteroatoms. The van der Waals surface area contributed by atoms with Gasteiger partial charge >= 0.3 is 0 Å². The molecule has 1 aromatic heterocycles. The summed E-state index contributed by atoms with van der Waals surface area (Å²) in [7, 11) is 0. The van der Waals surface area contributed by atoms with Crippen molar-refractivity contribution in [3.63, 3.8) is 0 Å². The van der Waals surface area contributed by atoms with Crippen LogP contribution in [0.25, 0.3) is 10.4 Å². The molecule has 0 aliphatic carbocycles. The van der Waals surface area contributed by atoms with Gasteiger partial charge in [0, 0.05) is 27.9 Å². The second kappa shape index (κ2) is 6.21. The third-order valence-electron chi connectivity index (χ3n) is 2.66. The first-order valence-electron chi connectivity index (χ1n) is 6.06. The molecule has 0 saturated heterocycles. The summed E-state index contributed by atoms with van der Waals surface area (Å²) in [4.78, 5) is 1.64. The molecule has 0 unspecified atom stereocenters. The predicted octanol–water partition coefficient (Wildman–Crippen LogP) is 4.33. The van der Waals surface area contributed by atoms with E-state index in [-0.39, 0.29) is 5.56 Å². The number of benzene rings is 1. The van der Waals surface area contributed by atoms with Gasteiger partial charge in [-0.1, -0.05) is 6.92 Å². The first-order valence-corrected chi connectivity index (χ1v) is 6.87. The Hall–Kier alpha value is -1.33. The molecule has 19 heavy (non-hydrogen) atoms. The highest BCUT2D eigenvalue weighted by molar-refractivity contribution is 7.15. The average Bonchev–Trinajstić information content (AvgIpc) is 2.83. The number of halogens is 3. The van der Waals surface area contributed by atoms with Gasteiger partial charge in [0.2, 0.25) is 0 Å². The summed E-state index contributed by atoms with van der Waals surface area (Å²) < 4.78 is 39.6. The highest BCUT2D eigenvalue weighted by Gasteiger charge is 2.13. The SMILES string of the molecule is CCCNCc1ccc(-c2cc(F)c(F)cc2F)s1. The Kier molecular flexibility index (Phi) is 4.61. The first-order chi connectivity index (χ1) is 9.11. The van der Waals surface area contributed by atoms with Gasteiger partial charge in [-0.25, -0.2) is 13.2 Å². The van der Waals surface area contributed by atoms with Crippen LogP contribution < -0.4 is 5.32 Å². The van der Waals surface area contributed by atoms with Crippen LogP contribution in [0.2, 0.25) is 0 Å². The van der Waals surface area contributed by atoms with Crippen molar-refractivity contribution in [3.05, 3.63) is 46.6 Å². The fourth-order valence-electron chi connectivity index (χ4n) is 1.72. The van der Waals surface area contributed by atoms with Crippen LogP contribution in [0.15, 0.2) is 24.3 Å². The van der Waals surface area contributed by atoms with E-state index in [1.165, 1.54) is 11.3 Å². The second-order valence-electron chi connectivity index (χ2n) is 4.19. The molecular formula is C14H14F3NS. The molecule has 0 aliphatic rings. The summed E-state index contributed by atoms with van der Waals surface area (Å²) in [6, 6.07) is 5.08. The van der Waals surface area contributed by atoms with Crippen molar-refractivity contribution in [1.29, 1.82) is 0 Å². The largest absolute Gasteiger partial charge is 0.312 e. The Bertz CT molecular complexity index is 566. The van der Waals surface area contributed by atoms with Crippen molar-refractivity contribution in [2.24, 2.45) is 0 Å². The Morgan fingerprint density at radius 2 is 1.79 bits per heavy atom. The van der Waals surface area contributed by atoms with Crippen LogP contribution in [-0.2, 0) is 6.54 Å². The van der Waals surface area contributed by atoms with E-state index in [2.05, 4.69) is 12.2 Å². The number of nitrogens with one attached hydrogen (secondary N) is 1. The molecule has 1 N–H and O–H groups in total. The summed E-state index contributed by atoms with van der Waals surface area (Å²) in [6.07, 6.45) is 1.04. The van der Waals surface area contributed by atoms with Crippen LogP contribution in [0.3, 0.4) is 0 Å².